The van der Waals surface area contributed by atoms with E-state index >= 15 is 0 Å². The summed E-state index contributed by atoms with van der Waals surface area (Å²) in [5, 5.41) is 8.56. The molecule has 3 aromatic rings. The van der Waals surface area contributed by atoms with Gasteiger partial charge in [0.2, 0.25) is 0 Å². The van der Waals surface area contributed by atoms with Crippen LogP contribution in [-0.4, -0.2) is 24.0 Å². The van der Waals surface area contributed by atoms with Crippen molar-refractivity contribution in [3.05, 3.63) is 77.2 Å². The van der Waals surface area contributed by atoms with Gasteiger partial charge < -0.3 is 19.8 Å². The molecule has 154 valence electrons. The van der Waals surface area contributed by atoms with E-state index in [2.05, 4.69) is 16.0 Å². The van der Waals surface area contributed by atoms with Crippen LogP contribution in [0.25, 0.3) is 0 Å². The first-order valence-electron chi connectivity index (χ1n) is 9.10. The van der Waals surface area contributed by atoms with Crippen molar-refractivity contribution in [3.63, 3.8) is 0 Å². The Bertz CT molecular complexity index is 1090. The predicted octanol–water partition coefficient (Wildman–Crippen LogP) is 4.28. The first kappa shape index (κ1) is 21.1. The third-order valence-electron chi connectivity index (χ3n) is 4.37. The molecule has 0 aliphatic rings. The molecule has 0 aliphatic heterocycles. The largest absolute Gasteiger partial charge is 0.496 e. The zero-order chi connectivity index (χ0) is 21.7. The van der Waals surface area contributed by atoms with E-state index in [4.69, 9.17) is 21.4 Å². The summed E-state index contributed by atoms with van der Waals surface area (Å²) >= 11 is 5.26. The van der Waals surface area contributed by atoms with Crippen LogP contribution in [0.5, 0.6) is 5.75 Å². The van der Waals surface area contributed by atoms with Crippen LogP contribution in [-0.2, 0) is 0 Å². The minimum absolute atomic E-state index is 0.148. The average molecular weight is 423 g/mol. The van der Waals surface area contributed by atoms with Crippen LogP contribution in [0.15, 0.2) is 59.2 Å². The van der Waals surface area contributed by atoms with Gasteiger partial charge >= 0.3 is 0 Å². The predicted molar refractivity (Wildman–Crippen MR) is 119 cm³/mol. The summed E-state index contributed by atoms with van der Waals surface area (Å²) in [6.07, 6.45) is 1.44. The van der Waals surface area contributed by atoms with Crippen LogP contribution in [0.3, 0.4) is 0 Å². The van der Waals surface area contributed by atoms with Crippen molar-refractivity contribution >= 4 is 40.5 Å². The molecule has 30 heavy (non-hydrogen) atoms. The number of hydrogen-bond donors (Lipinski definition) is 3. The lowest BCUT2D eigenvalue weighted by molar-refractivity contribution is 0.0972. The van der Waals surface area contributed by atoms with Gasteiger partial charge in [-0.2, -0.15) is 0 Å². The first-order chi connectivity index (χ1) is 14.4. The fourth-order valence-electron chi connectivity index (χ4n) is 2.91. The summed E-state index contributed by atoms with van der Waals surface area (Å²) in [6.45, 7) is 3.71. The second-order valence-corrected chi connectivity index (χ2v) is 6.93. The summed E-state index contributed by atoms with van der Waals surface area (Å²) in [5.74, 6) is 0.0307. The zero-order valence-electron chi connectivity index (χ0n) is 16.7. The maximum absolute atomic E-state index is 12.6. The molecule has 0 fully saturated rings. The molecule has 0 unspecified atom stereocenters. The van der Waals surface area contributed by atoms with Gasteiger partial charge in [0, 0.05) is 11.4 Å². The number of carbonyl (C=O) groups is 2. The monoisotopic (exact) mass is 423 g/mol. The third kappa shape index (κ3) is 4.84. The van der Waals surface area contributed by atoms with E-state index in [0.717, 1.165) is 11.1 Å². The first-order valence-corrected chi connectivity index (χ1v) is 9.51. The number of aryl methyl sites for hydroxylation is 2. The number of methoxy groups -OCH3 is 1. The number of ether oxygens (including phenoxy) is 1. The van der Waals surface area contributed by atoms with E-state index in [-0.39, 0.29) is 22.7 Å². The van der Waals surface area contributed by atoms with Gasteiger partial charge in [-0.05, 0) is 73.6 Å². The molecule has 0 aliphatic carbocycles. The number of hydrogen-bond acceptors (Lipinski definition) is 5. The third-order valence-corrected chi connectivity index (χ3v) is 4.57. The highest BCUT2D eigenvalue weighted by atomic mass is 32.1. The fourth-order valence-corrected chi connectivity index (χ4v) is 3.12. The lowest BCUT2D eigenvalue weighted by atomic mass is 10.1. The van der Waals surface area contributed by atoms with Gasteiger partial charge in [-0.1, -0.05) is 12.1 Å². The van der Waals surface area contributed by atoms with Gasteiger partial charge in [-0.3, -0.25) is 14.9 Å². The minimum atomic E-state index is -0.368. The number of rotatable bonds is 5. The number of carbonyl (C=O) groups excluding carboxylic acids is 2. The molecule has 0 spiro atoms. The Labute approximate surface area is 179 Å². The number of nitrogens with one attached hydrogen (secondary N) is 3. The van der Waals surface area contributed by atoms with E-state index < -0.39 is 0 Å². The van der Waals surface area contributed by atoms with Crippen LogP contribution in [0.1, 0.15) is 32.0 Å². The lowest BCUT2D eigenvalue weighted by Crippen LogP contribution is -2.34. The highest BCUT2D eigenvalue weighted by Gasteiger charge is 2.15. The molecule has 0 bridgehead atoms. The Morgan fingerprint density at radius 2 is 1.77 bits per heavy atom. The van der Waals surface area contributed by atoms with Gasteiger partial charge in [-0.25, -0.2) is 0 Å². The van der Waals surface area contributed by atoms with Crippen molar-refractivity contribution in [3.8, 4) is 5.75 Å². The average Bonchev–Trinajstić information content (AvgIpc) is 3.24. The Hall–Kier alpha value is -3.65. The molecule has 2 aromatic carbocycles. The molecule has 0 saturated heterocycles. The van der Waals surface area contributed by atoms with Gasteiger partial charge in [0.25, 0.3) is 11.8 Å². The van der Waals surface area contributed by atoms with Crippen LogP contribution in [0.4, 0.5) is 11.4 Å². The van der Waals surface area contributed by atoms with Crippen molar-refractivity contribution in [2.45, 2.75) is 13.8 Å². The molecule has 8 heteroatoms. The van der Waals surface area contributed by atoms with E-state index in [0.29, 0.717) is 22.7 Å². The maximum Gasteiger partial charge on any atom is 0.291 e. The number of benzene rings is 2. The van der Waals surface area contributed by atoms with E-state index in [1.54, 1.807) is 36.4 Å². The zero-order valence-corrected chi connectivity index (χ0v) is 17.6. The SMILES string of the molecule is COc1c(C)cccc1C(=O)NC(=S)Nc1ccc(NC(=O)c2ccco2)c(C)c1. The number of thiocarbonyl (C=S) groups is 1. The number of amides is 2. The molecule has 7 nitrogen and oxygen atoms in total. The van der Waals surface area contributed by atoms with Crippen LogP contribution >= 0.6 is 12.2 Å². The second kappa shape index (κ2) is 9.23. The standard InChI is InChI=1S/C22H21N3O4S/c1-13-6-4-7-16(19(13)28-3)20(26)25-22(30)23-15-9-10-17(14(2)12-15)24-21(27)18-8-5-11-29-18/h4-12H,1-3H3,(H,24,27)(H2,23,25,26,30). The van der Waals surface area contributed by atoms with Crippen molar-refractivity contribution < 1.29 is 18.7 Å². The molecule has 0 saturated carbocycles. The van der Waals surface area contributed by atoms with Gasteiger partial charge in [-0.15, -0.1) is 0 Å². The van der Waals surface area contributed by atoms with Crippen LogP contribution < -0.4 is 20.7 Å². The molecule has 1 aromatic heterocycles. The molecular weight excluding hydrogens is 402 g/mol. The Morgan fingerprint density at radius 3 is 2.43 bits per heavy atom. The van der Waals surface area contributed by atoms with Crippen molar-refractivity contribution in [2.75, 3.05) is 17.7 Å². The molecular formula is C22H21N3O4S. The Balaban J connectivity index is 1.64. The van der Waals surface area contributed by atoms with Gasteiger partial charge in [0.1, 0.15) is 5.75 Å². The van der Waals surface area contributed by atoms with Gasteiger partial charge in [0.05, 0.1) is 18.9 Å². The highest BCUT2D eigenvalue weighted by molar-refractivity contribution is 7.80. The number of furan rings is 1. The van der Waals surface area contributed by atoms with Crippen molar-refractivity contribution in [1.29, 1.82) is 0 Å². The molecule has 0 atom stereocenters. The summed E-state index contributed by atoms with van der Waals surface area (Å²) in [4.78, 5) is 24.7. The molecule has 1 heterocycles. The van der Waals surface area contributed by atoms with Crippen molar-refractivity contribution in [1.82, 2.24) is 5.32 Å². The minimum Gasteiger partial charge on any atom is -0.496 e. The fraction of sp³-hybridized carbons (Fsp3) is 0.136. The topological polar surface area (TPSA) is 92.6 Å². The highest BCUT2D eigenvalue weighted by Crippen LogP contribution is 2.23. The summed E-state index contributed by atoms with van der Waals surface area (Å²) in [5.41, 5.74) is 3.38. The smallest absolute Gasteiger partial charge is 0.291 e. The van der Waals surface area contributed by atoms with Crippen molar-refractivity contribution in [2.24, 2.45) is 0 Å². The molecule has 2 amide bonds. The summed E-state index contributed by atoms with van der Waals surface area (Å²) < 4.78 is 10.4. The number of anilines is 2. The van der Waals surface area contributed by atoms with Crippen LogP contribution in [0.2, 0.25) is 0 Å². The molecule has 3 rings (SSSR count). The normalized spacial score (nSPS) is 10.2. The van der Waals surface area contributed by atoms with E-state index in [1.165, 1.54) is 13.4 Å². The molecule has 0 radical (unpaired) electrons. The number of para-hydroxylation sites is 1. The second-order valence-electron chi connectivity index (χ2n) is 6.53. The lowest BCUT2D eigenvalue weighted by Gasteiger charge is -2.14. The van der Waals surface area contributed by atoms with E-state index in [1.807, 2.05) is 26.0 Å². The van der Waals surface area contributed by atoms with Crippen LogP contribution in [0, 0.1) is 13.8 Å². The van der Waals surface area contributed by atoms with E-state index in [9.17, 15) is 9.59 Å². The van der Waals surface area contributed by atoms with Gasteiger partial charge in [0.15, 0.2) is 10.9 Å². The Kier molecular flexibility index (Phi) is 6.48. The summed E-state index contributed by atoms with van der Waals surface area (Å²) in [7, 11) is 1.52. The summed E-state index contributed by atoms with van der Waals surface area (Å²) in [6, 6.07) is 13.8. The Morgan fingerprint density at radius 1 is 0.967 bits per heavy atom. The quantitative estimate of drug-likeness (QED) is 0.531. The molecule has 3 N–H and O–H groups in total. The maximum atomic E-state index is 12.6.